The molecular weight excluding hydrogens is 214 g/mol. The van der Waals surface area contributed by atoms with E-state index in [1.807, 2.05) is 0 Å². The summed E-state index contributed by atoms with van der Waals surface area (Å²) in [6.07, 6.45) is 11.1. The molecule has 2 aliphatic rings. The zero-order valence-electron chi connectivity index (χ0n) is 10.7. The van der Waals surface area contributed by atoms with E-state index in [2.05, 4.69) is 12.2 Å². The van der Waals surface area contributed by atoms with Crippen molar-refractivity contribution in [2.24, 2.45) is 0 Å². The first-order valence-electron chi connectivity index (χ1n) is 7.28. The van der Waals surface area contributed by atoms with Crippen molar-refractivity contribution in [2.75, 3.05) is 6.61 Å². The summed E-state index contributed by atoms with van der Waals surface area (Å²) >= 11 is 0. The highest BCUT2D eigenvalue weighted by Gasteiger charge is 2.27. The van der Waals surface area contributed by atoms with Crippen molar-refractivity contribution in [3.63, 3.8) is 0 Å². The minimum absolute atomic E-state index is 0.739. The van der Waals surface area contributed by atoms with E-state index < -0.39 is 9.04 Å². The molecule has 0 aromatic rings. The SMILES string of the molecule is CCC(NC1CCCCC1)[SiH]1CCCCO1. The summed E-state index contributed by atoms with van der Waals surface area (Å²) in [5.74, 6) is 0. The van der Waals surface area contributed by atoms with Crippen LogP contribution >= 0.6 is 0 Å². The molecule has 2 unspecified atom stereocenters. The molecule has 2 fully saturated rings. The lowest BCUT2D eigenvalue weighted by Crippen LogP contribution is -2.50. The molecule has 1 aliphatic carbocycles. The van der Waals surface area contributed by atoms with Gasteiger partial charge in [0.15, 0.2) is 9.04 Å². The van der Waals surface area contributed by atoms with Crippen molar-refractivity contribution < 1.29 is 4.43 Å². The second kappa shape index (κ2) is 6.77. The monoisotopic (exact) mass is 241 g/mol. The zero-order chi connectivity index (χ0) is 11.2. The fourth-order valence-electron chi connectivity index (χ4n) is 3.14. The van der Waals surface area contributed by atoms with Gasteiger partial charge in [0, 0.05) is 18.3 Å². The van der Waals surface area contributed by atoms with Crippen molar-refractivity contribution in [3.05, 3.63) is 0 Å². The normalized spacial score (nSPS) is 30.2. The molecule has 0 amide bonds. The Bertz CT molecular complexity index is 188. The molecule has 0 aromatic heterocycles. The van der Waals surface area contributed by atoms with E-state index in [-0.39, 0.29) is 0 Å². The molecular formula is C13H27NOSi. The average Bonchev–Trinajstić information content (AvgIpc) is 2.38. The molecule has 1 heterocycles. The zero-order valence-corrected chi connectivity index (χ0v) is 11.9. The predicted octanol–water partition coefficient (Wildman–Crippen LogP) is 2.76. The maximum Gasteiger partial charge on any atom is 0.193 e. The first-order valence-corrected chi connectivity index (χ1v) is 9.23. The van der Waals surface area contributed by atoms with E-state index in [0.717, 1.165) is 18.3 Å². The molecule has 2 rings (SSSR count). The van der Waals surface area contributed by atoms with Gasteiger partial charge in [0.05, 0.1) is 0 Å². The third kappa shape index (κ3) is 3.57. The summed E-state index contributed by atoms with van der Waals surface area (Å²) in [5.41, 5.74) is 0.739. The van der Waals surface area contributed by atoms with Crippen molar-refractivity contribution in [2.45, 2.75) is 76.0 Å². The Hall–Kier alpha value is 0.137. The number of hydrogen-bond acceptors (Lipinski definition) is 2. The fraction of sp³-hybridized carbons (Fsp3) is 1.00. The lowest BCUT2D eigenvalue weighted by molar-refractivity contribution is 0.264. The van der Waals surface area contributed by atoms with Crippen LogP contribution in [0, 0.1) is 0 Å². The summed E-state index contributed by atoms with van der Waals surface area (Å²) in [6.45, 7) is 3.37. The quantitative estimate of drug-likeness (QED) is 0.764. The van der Waals surface area contributed by atoms with Crippen LogP contribution in [-0.4, -0.2) is 27.4 Å². The van der Waals surface area contributed by atoms with Crippen LogP contribution < -0.4 is 5.32 Å². The Kier molecular flexibility index (Phi) is 5.33. The minimum atomic E-state index is -0.923. The molecule has 2 nitrogen and oxygen atoms in total. The maximum absolute atomic E-state index is 6.05. The lowest BCUT2D eigenvalue weighted by Gasteiger charge is -2.33. The lowest BCUT2D eigenvalue weighted by atomic mass is 9.95. The number of nitrogens with one attached hydrogen (secondary N) is 1. The Morgan fingerprint density at radius 1 is 1.19 bits per heavy atom. The Balaban J connectivity index is 1.78. The third-order valence-corrected chi connectivity index (χ3v) is 7.36. The molecule has 0 aromatic carbocycles. The molecule has 3 heteroatoms. The minimum Gasteiger partial charge on any atom is -0.418 e. The molecule has 0 bridgehead atoms. The summed E-state index contributed by atoms with van der Waals surface area (Å²) in [6, 6.07) is 2.20. The van der Waals surface area contributed by atoms with Gasteiger partial charge < -0.3 is 9.74 Å². The van der Waals surface area contributed by atoms with Crippen molar-refractivity contribution >= 4 is 9.04 Å². The second-order valence-electron chi connectivity index (χ2n) is 5.42. The van der Waals surface area contributed by atoms with Crippen LogP contribution in [0.3, 0.4) is 0 Å². The second-order valence-corrected chi connectivity index (χ2v) is 8.21. The molecule has 1 saturated carbocycles. The summed E-state index contributed by atoms with van der Waals surface area (Å²) in [7, 11) is -0.923. The fourth-order valence-corrected chi connectivity index (χ4v) is 6.12. The average molecular weight is 241 g/mol. The van der Waals surface area contributed by atoms with Crippen LogP contribution in [0.2, 0.25) is 6.04 Å². The van der Waals surface area contributed by atoms with Crippen LogP contribution in [0.5, 0.6) is 0 Å². The van der Waals surface area contributed by atoms with Gasteiger partial charge in [-0.15, -0.1) is 0 Å². The van der Waals surface area contributed by atoms with Crippen LogP contribution in [0.1, 0.15) is 58.3 Å². The highest BCUT2D eigenvalue weighted by Crippen LogP contribution is 2.21. The van der Waals surface area contributed by atoms with Crippen LogP contribution in [0.15, 0.2) is 0 Å². The van der Waals surface area contributed by atoms with E-state index in [4.69, 9.17) is 4.43 Å². The molecule has 16 heavy (non-hydrogen) atoms. The largest absolute Gasteiger partial charge is 0.418 e. The van der Waals surface area contributed by atoms with Gasteiger partial charge in [0.25, 0.3) is 0 Å². The smallest absolute Gasteiger partial charge is 0.193 e. The highest BCUT2D eigenvalue weighted by molar-refractivity contribution is 6.53. The Morgan fingerprint density at radius 2 is 2.00 bits per heavy atom. The van der Waals surface area contributed by atoms with Crippen molar-refractivity contribution in [3.8, 4) is 0 Å². The van der Waals surface area contributed by atoms with Gasteiger partial charge in [-0.1, -0.05) is 32.6 Å². The van der Waals surface area contributed by atoms with E-state index in [1.54, 1.807) is 0 Å². The first-order chi connectivity index (χ1) is 7.90. The molecule has 2 atom stereocenters. The van der Waals surface area contributed by atoms with Gasteiger partial charge >= 0.3 is 0 Å². The molecule has 1 saturated heterocycles. The highest BCUT2D eigenvalue weighted by atomic mass is 28.3. The van der Waals surface area contributed by atoms with E-state index >= 15 is 0 Å². The summed E-state index contributed by atoms with van der Waals surface area (Å²) < 4.78 is 6.05. The van der Waals surface area contributed by atoms with Gasteiger partial charge in [-0.25, -0.2) is 0 Å². The van der Waals surface area contributed by atoms with Crippen LogP contribution in [0.4, 0.5) is 0 Å². The number of rotatable bonds is 4. The molecule has 0 spiro atoms. The van der Waals surface area contributed by atoms with Crippen molar-refractivity contribution in [1.29, 1.82) is 0 Å². The van der Waals surface area contributed by atoms with Gasteiger partial charge in [-0.05, 0) is 31.7 Å². The van der Waals surface area contributed by atoms with Gasteiger partial charge in [-0.3, -0.25) is 0 Å². The van der Waals surface area contributed by atoms with Gasteiger partial charge in [-0.2, -0.15) is 0 Å². The van der Waals surface area contributed by atoms with Gasteiger partial charge in [0.2, 0.25) is 0 Å². The molecule has 1 N–H and O–H groups in total. The first kappa shape index (κ1) is 12.6. The van der Waals surface area contributed by atoms with Crippen LogP contribution in [0.25, 0.3) is 0 Å². The molecule has 0 radical (unpaired) electrons. The molecule has 94 valence electrons. The predicted molar refractivity (Wildman–Crippen MR) is 71.2 cm³/mol. The summed E-state index contributed by atoms with van der Waals surface area (Å²) in [5, 5.41) is 3.91. The standard InChI is InChI=1S/C13H27NOSi/c1-2-13(16-11-7-6-10-15-16)14-12-8-4-3-5-9-12/h12-14,16H,2-11H2,1H3. The van der Waals surface area contributed by atoms with E-state index in [1.165, 1.54) is 57.4 Å². The Labute approximate surface area is 102 Å². The van der Waals surface area contributed by atoms with E-state index in [0.29, 0.717) is 0 Å². The van der Waals surface area contributed by atoms with Crippen molar-refractivity contribution in [1.82, 2.24) is 5.32 Å². The van der Waals surface area contributed by atoms with Crippen LogP contribution in [-0.2, 0) is 4.43 Å². The Morgan fingerprint density at radius 3 is 2.62 bits per heavy atom. The number of hydrogen-bond donors (Lipinski definition) is 1. The maximum atomic E-state index is 6.05. The topological polar surface area (TPSA) is 21.3 Å². The van der Waals surface area contributed by atoms with Gasteiger partial charge in [0.1, 0.15) is 0 Å². The third-order valence-electron chi connectivity index (χ3n) is 4.16. The van der Waals surface area contributed by atoms with E-state index in [9.17, 15) is 0 Å². The molecule has 1 aliphatic heterocycles. The summed E-state index contributed by atoms with van der Waals surface area (Å²) in [4.78, 5) is 0.